The van der Waals surface area contributed by atoms with Gasteiger partial charge in [-0.05, 0) is 43.5 Å². The smallest absolute Gasteiger partial charge is 0.227 e. The average molecular weight is 314 g/mol. The summed E-state index contributed by atoms with van der Waals surface area (Å²) < 4.78 is 5.17. The highest BCUT2D eigenvalue weighted by atomic mass is 16.5. The molecule has 23 heavy (non-hydrogen) atoms. The molecule has 3 fully saturated rings. The van der Waals surface area contributed by atoms with Crippen LogP contribution in [-0.4, -0.2) is 43.5 Å². The zero-order valence-electron chi connectivity index (χ0n) is 13.5. The lowest BCUT2D eigenvalue weighted by atomic mass is 9.86. The van der Waals surface area contributed by atoms with E-state index in [-0.39, 0.29) is 17.2 Å². The van der Waals surface area contributed by atoms with Crippen molar-refractivity contribution in [2.24, 2.45) is 11.3 Å². The predicted octanol–water partition coefficient (Wildman–Crippen LogP) is 2.06. The van der Waals surface area contributed by atoms with E-state index in [1.54, 1.807) is 7.11 Å². The highest BCUT2D eigenvalue weighted by Gasteiger charge is 2.50. The Kier molecular flexibility index (Phi) is 3.32. The van der Waals surface area contributed by atoms with E-state index in [9.17, 15) is 9.59 Å². The molecule has 1 aliphatic carbocycles. The maximum atomic E-state index is 12.5. The second kappa shape index (κ2) is 5.25. The van der Waals surface area contributed by atoms with Crippen LogP contribution in [0.25, 0.3) is 0 Å². The van der Waals surface area contributed by atoms with Gasteiger partial charge in [-0.15, -0.1) is 0 Å². The first kappa shape index (κ1) is 14.5. The predicted molar refractivity (Wildman–Crippen MR) is 86.3 cm³/mol. The van der Waals surface area contributed by atoms with Gasteiger partial charge in [-0.25, -0.2) is 0 Å². The minimum atomic E-state index is -0.0540. The number of carbonyl (C=O) groups is 2. The van der Waals surface area contributed by atoms with Crippen molar-refractivity contribution in [1.29, 1.82) is 0 Å². The molecule has 4 rings (SSSR count). The molecule has 5 heteroatoms. The highest BCUT2D eigenvalue weighted by Crippen LogP contribution is 2.43. The SMILES string of the molecule is COc1ccc(N2CC3(CCN(C(=O)C4CC4)C3)CC2=O)cc1. The van der Waals surface area contributed by atoms with Gasteiger partial charge in [-0.2, -0.15) is 0 Å². The molecule has 2 amide bonds. The molecular formula is C18H22N2O3. The van der Waals surface area contributed by atoms with Crippen molar-refractivity contribution in [3.05, 3.63) is 24.3 Å². The molecule has 1 unspecified atom stereocenters. The van der Waals surface area contributed by atoms with Crippen molar-refractivity contribution < 1.29 is 14.3 Å². The Labute approximate surface area is 136 Å². The van der Waals surface area contributed by atoms with Gasteiger partial charge >= 0.3 is 0 Å². The highest BCUT2D eigenvalue weighted by molar-refractivity contribution is 5.96. The van der Waals surface area contributed by atoms with E-state index >= 15 is 0 Å². The number of rotatable bonds is 3. The van der Waals surface area contributed by atoms with E-state index in [1.807, 2.05) is 34.1 Å². The van der Waals surface area contributed by atoms with Gasteiger partial charge in [0.15, 0.2) is 0 Å². The zero-order valence-corrected chi connectivity index (χ0v) is 13.5. The Hall–Kier alpha value is -2.04. The van der Waals surface area contributed by atoms with Crippen molar-refractivity contribution >= 4 is 17.5 Å². The fraction of sp³-hybridized carbons (Fsp3) is 0.556. The van der Waals surface area contributed by atoms with Crippen molar-refractivity contribution in [3.63, 3.8) is 0 Å². The van der Waals surface area contributed by atoms with Gasteiger partial charge in [-0.1, -0.05) is 0 Å². The molecule has 5 nitrogen and oxygen atoms in total. The number of amides is 2. The molecule has 2 aliphatic heterocycles. The molecule has 1 spiro atoms. The van der Waals surface area contributed by atoms with E-state index in [4.69, 9.17) is 4.74 Å². The molecule has 0 aromatic heterocycles. The summed E-state index contributed by atoms with van der Waals surface area (Å²) in [5, 5.41) is 0. The van der Waals surface area contributed by atoms with Gasteiger partial charge in [0.1, 0.15) is 5.75 Å². The normalized spacial score (nSPS) is 27.1. The van der Waals surface area contributed by atoms with Crippen LogP contribution in [0, 0.1) is 11.3 Å². The number of anilines is 1. The number of ether oxygens (including phenoxy) is 1. The standard InChI is InChI=1S/C18H22N2O3/c1-23-15-6-4-14(5-7-15)20-12-18(10-16(20)21)8-9-19(11-18)17(22)13-2-3-13/h4-7,13H,2-3,8-12H2,1H3. The third kappa shape index (κ3) is 2.58. The summed E-state index contributed by atoms with van der Waals surface area (Å²) in [5.41, 5.74) is 0.862. The molecule has 1 aromatic rings. The maximum absolute atomic E-state index is 12.5. The number of carbonyl (C=O) groups excluding carboxylic acids is 2. The van der Waals surface area contributed by atoms with E-state index in [2.05, 4.69) is 0 Å². The molecule has 0 radical (unpaired) electrons. The summed E-state index contributed by atoms with van der Waals surface area (Å²) in [4.78, 5) is 28.6. The Morgan fingerprint density at radius 2 is 1.96 bits per heavy atom. The van der Waals surface area contributed by atoms with Crippen LogP contribution in [0.3, 0.4) is 0 Å². The third-order valence-electron chi connectivity index (χ3n) is 5.38. The van der Waals surface area contributed by atoms with Crippen molar-refractivity contribution in [1.82, 2.24) is 4.90 Å². The van der Waals surface area contributed by atoms with E-state index < -0.39 is 0 Å². The molecule has 122 valence electrons. The lowest BCUT2D eigenvalue weighted by molar-refractivity contribution is -0.132. The first-order valence-electron chi connectivity index (χ1n) is 8.33. The number of likely N-dealkylation sites (tertiary alicyclic amines) is 1. The topological polar surface area (TPSA) is 49.9 Å². The number of hydrogen-bond acceptors (Lipinski definition) is 3. The second-order valence-corrected chi connectivity index (χ2v) is 7.14. The zero-order chi connectivity index (χ0) is 16.0. The largest absolute Gasteiger partial charge is 0.497 e. The van der Waals surface area contributed by atoms with Crippen molar-refractivity contribution in [3.8, 4) is 5.75 Å². The first-order valence-corrected chi connectivity index (χ1v) is 8.33. The van der Waals surface area contributed by atoms with Crippen LogP contribution in [0.4, 0.5) is 5.69 Å². The van der Waals surface area contributed by atoms with Crippen LogP contribution in [-0.2, 0) is 9.59 Å². The van der Waals surface area contributed by atoms with Gasteiger partial charge < -0.3 is 14.5 Å². The fourth-order valence-corrected chi connectivity index (χ4v) is 3.88. The number of nitrogens with zero attached hydrogens (tertiary/aromatic N) is 2. The maximum Gasteiger partial charge on any atom is 0.227 e. The van der Waals surface area contributed by atoms with Gasteiger partial charge in [0, 0.05) is 43.1 Å². The number of methoxy groups -OCH3 is 1. The van der Waals surface area contributed by atoms with Crippen LogP contribution in [0.1, 0.15) is 25.7 Å². The fourth-order valence-electron chi connectivity index (χ4n) is 3.88. The lowest BCUT2D eigenvalue weighted by Gasteiger charge is -2.24. The molecule has 1 saturated carbocycles. The van der Waals surface area contributed by atoms with Crippen LogP contribution in [0.2, 0.25) is 0 Å². The monoisotopic (exact) mass is 314 g/mol. The number of benzene rings is 1. The molecule has 1 aromatic carbocycles. The van der Waals surface area contributed by atoms with E-state index in [0.29, 0.717) is 18.9 Å². The second-order valence-electron chi connectivity index (χ2n) is 7.14. The minimum Gasteiger partial charge on any atom is -0.497 e. The summed E-state index contributed by atoms with van der Waals surface area (Å²) in [6, 6.07) is 7.62. The third-order valence-corrected chi connectivity index (χ3v) is 5.38. The van der Waals surface area contributed by atoms with Crippen LogP contribution in [0.15, 0.2) is 24.3 Å². The number of hydrogen-bond donors (Lipinski definition) is 0. The Morgan fingerprint density at radius 1 is 1.22 bits per heavy atom. The van der Waals surface area contributed by atoms with Gasteiger partial charge in [-0.3, -0.25) is 9.59 Å². The molecule has 0 N–H and O–H groups in total. The molecule has 2 heterocycles. The van der Waals surface area contributed by atoms with Gasteiger partial charge in [0.2, 0.25) is 11.8 Å². The van der Waals surface area contributed by atoms with Crippen LogP contribution >= 0.6 is 0 Å². The minimum absolute atomic E-state index is 0.0540. The van der Waals surface area contributed by atoms with Gasteiger partial charge in [0.25, 0.3) is 0 Å². The van der Waals surface area contributed by atoms with E-state index in [0.717, 1.165) is 43.8 Å². The molecule has 1 atom stereocenters. The molecular weight excluding hydrogens is 292 g/mol. The molecule has 0 bridgehead atoms. The summed E-state index contributed by atoms with van der Waals surface area (Å²) in [6.45, 7) is 2.26. The van der Waals surface area contributed by atoms with Crippen molar-refractivity contribution in [2.45, 2.75) is 25.7 Å². The van der Waals surface area contributed by atoms with Gasteiger partial charge in [0.05, 0.1) is 7.11 Å². The average Bonchev–Trinajstić information content (AvgIpc) is 3.27. The van der Waals surface area contributed by atoms with Crippen LogP contribution < -0.4 is 9.64 Å². The Balaban J connectivity index is 1.48. The summed E-state index contributed by atoms with van der Waals surface area (Å²) in [7, 11) is 1.63. The first-order chi connectivity index (χ1) is 11.1. The Bertz CT molecular complexity index is 638. The summed E-state index contributed by atoms with van der Waals surface area (Å²) >= 11 is 0. The summed E-state index contributed by atoms with van der Waals surface area (Å²) in [6.07, 6.45) is 3.57. The lowest BCUT2D eigenvalue weighted by Crippen LogP contribution is -2.34. The van der Waals surface area contributed by atoms with Crippen LogP contribution in [0.5, 0.6) is 5.75 Å². The van der Waals surface area contributed by atoms with E-state index in [1.165, 1.54) is 0 Å². The molecule has 3 aliphatic rings. The van der Waals surface area contributed by atoms with Crippen molar-refractivity contribution in [2.75, 3.05) is 31.6 Å². The quantitative estimate of drug-likeness (QED) is 0.858. The molecule has 2 saturated heterocycles. The summed E-state index contributed by atoms with van der Waals surface area (Å²) in [5.74, 6) is 1.52. The Morgan fingerprint density at radius 3 is 2.61 bits per heavy atom.